The molecule has 0 atom stereocenters. The van der Waals surface area contributed by atoms with Crippen LogP contribution in [0.1, 0.15) is 27.7 Å². The van der Waals surface area contributed by atoms with Gasteiger partial charge in [0, 0.05) is 43.7 Å². The van der Waals surface area contributed by atoms with Gasteiger partial charge < -0.3 is 20.1 Å². The van der Waals surface area contributed by atoms with Gasteiger partial charge in [-0.25, -0.2) is 0 Å². The number of methoxy groups -OCH3 is 1. The molecule has 0 aromatic heterocycles. The Morgan fingerprint density at radius 2 is 1.85 bits per heavy atom. The molecule has 0 fully saturated rings. The summed E-state index contributed by atoms with van der Waals surface area (Å²) in [5.41, 5.74) is 7.81. The number of anilines is 2. The van der Waals surface area contributed by atoms with Crippen LogP contribution in [0.15, 0.2) is 18.2 Å². The Morgan fingerprint density at radius 1 is 1.15 bits per heavy atom. The third-order valence-electron chi connectivity index (χ3n) is 2.80. The number of benzene rings is 1. The van der Waals surface area contributed by atoms with Gasteiger partial charge in [0.2, 0.25) is 0 Å². The van der Waals surface area contributed by atoms with Crippen molar-refractivity contribution in [3.8, 4) is 5.75 Å². The molecule has 0 aliphatic carbocycles. The lowest BCUT2D eigenvalue weighted by Gasteiger charge is -2.27. The van der Waals surface area contributed by atoms with Crippen LogP contribution in [0, 0.1) is 5.92 Å². The summed E-state index contributed by atoms with van der Waals surface area (Å²) >= 11 is 0. The molecule has 4 nitrogen and oxygen atoms in total. The van der Waals surface area contributed by atoms with Crippen LogP contribution in [-0.2, 0) is 4.74 Å². The Kier molecular flexibility index (Phi) is 6.65. The zero-order valence-electron chi connectivity index (χ0n) is 13.3. The summed E-state index contributed by atoms with van der Waals surface area (Å²) in [4.78, 5) is 2.29. The van der Waals surface area contributed by atoms with E-state index in [1.807, 2.05) is 26.0 Å². The van der Waals surface area contributed by atoms with Crippen molar-refractivity contribution in [3.05, 3.63) is 18.2 Å². The zero-order valence-corrected chi connectivity index (χ0v) is 13.3. The molecule has 114 valence electrons. The van der Waals surface area contributed by atoms with Gasteiger partial charge in [-0.05, 0) is 25.8 Å². The van der Waals surface area contributed by atoms with Gasteiger partial charge in [0.25, 0.3) is 0 Å². The second kappa shape index (κ2) is 8.00. The first kappa shape index (κ1) is 16.6. The van der Waals surface area contributed by atoms with E-state index in [1.54, 1.807) is 7.11 Å². The van der Waals surface area contributed by atoms with E-state index in [0.717, 1.165) is 30.2 Å². The Hall–Kier alpha value is -1.42. The predicted octanol–water partition coefficient (Wildman–Crippen LogP) is 3.16. The van der Waals surface area contributed by atoms with Crippen molar-refractivity contribution in [1.82, 2.24) is 0 Å². The van der Waals surface area contributed by atoms with Crippen LogP contribution in [0.4, 0.5) is 11.4 Å². The van der Waals surface area contributed by atoms with Gasteiger partial charge in [-0.3, -0.25) is 0 Å². The average molecular weight is 280 g/mol. The molecule has 1 aromatic rings. The second-order valence-electron chi connectivity index (χ2n) is 5.76. The molecule has 0 saturated carbocycles. The number of nitrogen functional groups attached to an aromatic ring is 1. The summed E-state index contributed by atoms with van der Waals surface area (Å²) in [5.74, 6) is 1.39. The molecule has 0 aliphatic rings. The topological polar surface area (TPSA) is 47.7 Å². The van der Waals surface area contributed by atoms with Gasteiger partial charge >= 0.3 is 0 Å². The van der Waals surface area contributed by atoms with Crippen LogP contribution in [0.2, 0.25) is 0 Å². The van der Waals surface area contributed by atoms with E-state index in [1.165, 1.54) is 0 Å². The van der Waals surface area contributed by atoms with Crippen molar-refractivity contribution in [3.63, 3.8) is 0 Å². The predicted molar refractivity (Wildman–Crippen MR) is 85.5 cm³/mol. The fourth-order valence-electron chi connectivity index (χ4n) is 2.10. The van der Waals surface area contributed by atoms with E-state index in [4.69, 9.17) is 15.2 Å². The fraction of sp³-hybridized carbons (Fsp3) is 0.625. The molecule has 0 aliphatic heterocycles. The van der Waals surface area contributed by atoms with Crippen LogP contribution in [0.25, 0.3) is 0 Å². The summed E-state index contributed by atoms with van der Waals surface area (Å²) in [7, 11) is 1.72. The highest BCUT2D eigenvalue weighted by atomic mass is 16.5. The lowest BCUT2D eigenvalue weighted by Crippen LogP contribution is -2.31. The Balaban J connectivity index is 2.95. The van der Waals surface area contributed by atoms with E-state index in [0.29, 0.717) is 12.5 Å². The molecule has 0 saturated heterocycles. The molecule has 0 radical (unpaired) electrons. The SMILES string of the molecule is COCCN(CC(C)C)c1cc(N)cc(OC(C)C)c1. The van der Waals surface area contributed by atoms with E-state index >= 15 is 0 Å². The Labute approximate surface area is 122 Å². The van der Waals surface area contributed by atoms with Gasteiger partial charge in [-0.1, -0.05) is 13.8 Å². The molecular formula is C16H28N2O2. The normalized spacial score (nSPS) is 11.2. The number of rotatable bonds is 8. The highest BCUT2D eigenvalue weighted by molar-refractivity contribution is 5.60. The molecule has 20 heavy (non-hydrogen) atoms. The lowest BCUT2D eigenvalue weighted by atomic mass is 10.1. The Bertz CT molecular complexity index is 405. The highest BCUT2D eigenvalue weighted by Gasteiger charge is 2.11. The molecule has 0 unspecified atom stereocenters. The lowest BCUT2D eigenvalue weighted by molar-refractivity contribution is 0.204. The van der Waals surface area contributed by atoms with Crippen molar-refractivity contribution in [2.45, 2.75) is 33.8 Å². The first-order valence-electron chi connectivity index (χ1n) is 7.23. The minimum atomic E-state index is 0.141. The average Bonchev–Trinajstić information content (AvgIpc) is 2.32. The molecule has 0 heterocycles. The van der Waals surface area contributed by atoms with E-state index in [2.05, 4.69) is 24.8 Å². The molecule has 4 heteroatoms. The van der Waals surface area contributed by atoms with Gasteiger partial charge in [0.15, 0.2) is 0 Å². The van der Waals surface area contributed by atoms with Crippen LogP contribution in [0.5, 0.6) is 5.75 Å². The minimum absolute atomic E-state index is 0.141. The Morgan fingerprint density at radius 3 is 2.40 bits per heavy atom. The molecule has 0 bridgehead atoms. The van der Waals surface area contributed by atoms with E-state index < -0.39 is 0 Å². The summed E-state index contributed by atoms with van der Waals surface area (Å²) in [6.07, 6.45) is 0.141. The summed E-state index contributed by atoms with van der Waals surface area (Å²) in [6, 6.07) is 5.91. The summed E-state index contributed by atoms with van der Waals surface area (Å²) in [6.45, 7) is 10.9. The maximum atomic E-state index is 5.99. The van der Waals surface area contributed by atoms with Crippen molar-refractivity contribution in [1.29, 1.82) is 0 Å². The van der Waals surface area contributed by atoms with E-state index in [-0.39, 0.29) is 6.10 Å². The number of hydrogen-bond donors (Lipinski definition) is 1. The number of nitrogens with two attached hydrogens (primary N) is 1. The van der Waals surface area contributed by atoms with Crippen LogP contribution < -0.4 is 15.4 Å². The smallest absolute Gasteiger partial charge is 0.123 e. The van der Waals surface area contributed by atoms with Crippen molar-refractivity contribution in [2.24, 2.45) is 5.92 Å². The maximum Gasteiger partial charge on any atom is 0.123 e. The molecule has 0 amide bonds. The molecule has 2 N–H and O–H groups in total. The zero-order chi connectivity index (χ0) is 15.1. The standard InChI is InChI=1S/C16H28N2O2/c1-12(2)11-18(6-7-19-5)15-8-14(17)9-16(10-15)20-13(3)4/h8-10,12-13H,6-7,11,17H2,1-5H3. The molecular weight excluding hydrogens is 252 g/mol. The number of nitrogens with zero attached hydrogens (tertiary/aromatic N) is 1. The van der Waals surface area contributed by atoms with Crippen molar-refractivity contribution < 1.29 is 9.47 Å². The fourth-order valence-corrected chi connectivity index (χ4v) is 2.10. The van der Waals surface area contributed by atoms with Gasteiger partial charge in [0.1, 0.15) is 5.75 Å². The second-order valence-corrected chi connectivity index (χ2v) is 5.76. The van der Waals surface area contributed by atoms with E-state index in [9.17, 15) is 0 Å². The maximum absolute atomic E-state index is 5.99. The third kappa shape index (κ3) is 5.70. The van der Waals surface area contributed by atoms with Crippen molar-refractivity contribution >= 4 is 11.4 Å². The minimum Gasteiger partial charge on any atom is -0.491 e. The first-order chi connectivity index (χ1) is 9.42. The van der Waals surface area contributed by atoms with Gasteiger partial charge in [-0.15, -0.1) is 0 Å². The van der Waals surface area contributed by atoms with Crippen molar-refractivity contribution in [2.75, 3.05) is 37.4 Å². The monoisotopic (exact) mass is 280 g/mol. The van der Waals surface area contributed by atoms with Crippen LogP contribution in [0.3, 0.4) is 0 Å². The summed E-state index contributed by atoms with van der Waals surface area (Å²) in [5, 5.41) is 0. The largest absolute Gasteiger partial charge is 0.491 e. The number of hydrogen-bond acceptors (Lipinski definition) is 4. The molecule has 1 aromatic carbocycles. The summed E-state index contributed by atoms with van der Waals surface area (Å²) < 4.78 is 11.0. The quantitative estimate of drug-likeness (QED) is 0.743. The van der Waals surface area contributed by atoms with Gasteiger partial charge in [-0.2, -0.15) is 0 Å². The molecule has 0 spiro atoms. The first-order valence-corrected chi connectivity index (χ1v) is 7.23. The van der Waals surface area contributed by atoms with Crippen LogP contribution >= 0.6 is 0 Å². The highest BCUT2D eigenvalue weighted by Crippen LogP contribution is 2.27. The molecule has 1 rings (SSSR count). The van der Waals surface area contributed by atoms with Gasteiger partial charge in [0.05, 0.1) is 12.7 Å². The van der Waals surface area contributed by atoms with Crippen LogP contribution in [-0.4, -0.2) is 32.9 Å². The number of ether oxygens (including phenoxy) is 2. The third-order valence-corrected chi connectivity index (χ3v) is 2.80.